The lowest BCUT2D eigenvalue weighted by molar-refractivity contribution is -0.137. The molecule has 12 heteroatoms. The summed E-state index contributed by atoms with van der Waals surface area (Å²) in [6.45, 7) is 10.1. The Kier molecular flexibility index (Phi) is 10.1. The molecule has 3 N–H and O–H groups in total. The number of nitrogens with one attached hydrogen (secondary N) is 2. The van der Waals surface area contributed by atoms with Crippen molar-refractivity contribution in [3.8, 4) is 11.1 Å². The minimum absolute atomic E-state index is 0.0327. The molecule has 44 heavy (non-hydrogen) atoms. The Morgan fingerprint density at radius 3 is 2.39 bits per heavy atom. The fourth-order valence-electron chi connectivity index (χ4n) is 4.89. The lowest BCUT2D eigenvalue weighted by Crippen LogP contribution is -2.32. The van der Waals surface area contributed by atoms with Gasteiger partial charge in [0.25, 0.3) is 5.91 Å². The van der Waals surface area contributed by atoms with E-state index in [1.54, 1.807) is 52.0 Å². The number of rotatable bonds is 8. The fraction of sp³-hybridized carbons (Fsp3) is 0.469. The molecule has 0 radical (unpaired) electrons. The molecule has 2 atom stereocenters. The van der Waals surface area contributed by atoms with Gasteiger partial charge in [-0.15, -0.1) is 11.3 Å². The maximum Gasteiger partial charge on any atom is 0.416 e. The summed E-state index contributed by atoms with van der Waals surface area (Å²) >= 11 is 1.15. The van der Waals surface area contributed by atoms with Gasteiger partial charge in [-0.25, -0.2) is 9.78 Å². The summed E-state index contributed by atoms with van der Waals surface area (Å²) < 4.78 is 51.3. The molecule has 0 saturated carbocycles. The minimum atomic E-state index is -4.54. The van der Waals surface area contributed by atoms with Gasteiger partial charge in [0.15, 0.2) is 0 Å². The van der Waals surface area contributed by atoms with Gasteiger partial charge in [-0.05, 0) is 74.9 Å². The molecule has 1 aliphatic heterocycles. The van der Waals surface area contributed by atoms with Gasteiger partial charge < -0.3 is 25.2 Å². The highest BCUT2D eigenvalue weighted by Crippen LogP contribution is 2.43. The number of hydrogen-bond donors (Lipinski definition) is 3. The SMILES string of the molecule is C[C@@H](NC(=O)c1cnc(C(O)C2(C)CCOCC2)s1)c1ccc(-c2cc(C(F)(F)F)ccc2CNC(=O)OC(C)(C)C)cc1. The molecule has 1 aliphatic rings. The van der Waals surface area contributed by atoms with Gasteiger partial charge in [0, 0.05) is 25.2 Å². The summed E-state index contributed by atoms with van der Waals surface area (Å²) in [6.07, 6.45) is -3.17. The highest BCUT2D eigenvalue weighted by atomic mass is 32.1. The van der Waals surface area contributed by atoms with E-state index in [0.717, 1.165) is 29.0 Å². The van der Waals surface area contributed by atoms with Crippen LogP contribution in [0.25, 0.3) is 11.1 Å². The van der Waals surface area contributed by atoms with Crippen LogP contribution in [0.1, 0.15) is 91.0 Å². The summed E-state index contributed by atoms with van der Waals surface area (Å²) in [6, 6.07) is 9.79. The molecule has 1 fully saturated rings. The van der Waals surface area contributed by atoms with E-state index >= 15 is 0 Å². The molecule has 1 aromatic heterocycles. The molecule has 0 bridgehead atoms. The van der Waals surface area contributed by atoms with Crippen LogP contribution in [-0.4, -0.2) is 40.9 Å². The second-order valence-electron chi connectivity index (χ2n) is 12.3. The topological polar surface area (TPSA) is 110 Å². The minimum Gasteiger partial charge on any atom is -0.444 e. The van der Waals surface area contributed by atoms with Crippen molar-refractivity contribution in [1.29, 1.82) is 0 Å². The number of halogens is 3. The predicted molar refractivity (Wildman–Crippen MR) is 161 cm³/mol. The highest BCUT2D eigenvalue weighted by molar-refractivity contribution is 7.13. The number of alkyl halides is 3. The van der Waals surface area contributed by atoms with Crippen LogP contribution in [0.3, 0.4) is 0 Å². The normalized spacial score (nSPS) is 16.6. The molecule has 0 aliphatic carbocycles. The van der Waals surface area contributed by atoms with E-state index in [4.69, 9.17) is 9.47 Å². The number of aliphatic hydroxyl groups excluding tert-OH is 1. The van der Waals surface area contributed by atoms with Crippen molar-refractivity contribution in [2.75, 3.05) is 13.2 Å². The molecular formula is C32H38F3N3O5S. The van der Waals surface area contributed by atoms with Crippen LogP contribution in [0, 0.1) is 5.41 Å². The van der Waals surface area contributed by atoms with Gasteiger partial charge in [0.1, 0.15) is 21.6 Å². The molecule has 1 unspecified atom stereocenters. The van der Waals surface area contributed by atoms with Crippen LogP contribution >= 0.6 is 11.3 Å². The Hall–Kier alpha value is -3.48. The van der Waals surface area contributed by atoms with Gasteiger partial charge in [-0.2, -0.15) is 13.2 Å². The molecule has 2 heterocycles. The van der Waals surface area contributed by atoms with Crippen LogP contribution in [0.4, 0.5) is 18.0 Å². The predicted octanol–water partition coefficient (Wildman–Crippen LogP) is 7.19. The summed E-state index contributed by atoms with van der Waals surface area (Å²) in [5, 5.41) is 16.9. The second-order valence-corrected chi connectivity index (χ2v) is 13.3. The summed E-state index contributed by atoms with van der Waals surface area (Å²) in [4.78, 5) is 29.9. The Balaban J connectivity index is 1.47. The van der Waals surface area contributed by atoms with E-state index in [2.05, 4.69) is 15.6 Å². The average molecular weight is 634 g/mol. The number of benzene rings is 2. The zero-order chi connectivity index (χ0) is 32.3. The number of alkyl carbamates (subject to hydrolysis) is 1. The number of amides is 2. The van der Waals surface area contributed by atoms with Crippen molar-refractivity contribution in [1.82, 2.24) is 15.6 Å². The summed E-state index contributed by atoms with van der Waals surface area (Å²) in [5.74, 6) is -0.344. The van der Waals surface area contributed by atoms with E-state index in [-0.39, 0.29) is 17.9 Å². The Bertz CT molecular complexity index is 1460. The zero-order valence-corrected chi connectivity index (χ0v) is 26.2. The number of hydrogen-bond acceptors (Lipinski definition) is 7. The number of thiazole rings is 1. The molecule has 3 aromatic rings. The molecule has 8 nitrogen and oxygen atoms in total. The highest BCUT2D eigenvalue weighted by Gasteiger charge is 2.38. The zero-order valence-electron chi connectivity index (χ0n) is 25.4. The lowest BCUT2D eigenvalue weighted by atomic mass is 9.77. The first kappa shape index (κ1) is 33.4. The Morgan fingerprint density at radius 2 is 1.77 bits per heavy atom. The van der Waals surface area contributed by atoms with Crippen molar-refractivity contribution >= 4 is 23.3 Å². The molecular weight excluding hydrogens is 595 g/mol. The number of aromatic nitrogens is 1. The van der Waals surface area contributed by atoms with Crippen LogP contribution in [-0.2, 0) is 22.2 Å². The maximum absolute atomic E-state index is 13.6. The largest absolute Gasteiger partial charge is 0.444 e. The fourth-order valence-corrected chi connectivity index (χ4v) is 5.87. The number of nitrogens with zero attached hydrogens (tertiary/aromatic N) is 1. The van der Waals surface area contributed by atoms with Crippen molar-refractivity contribution in [2.24, 2.45) is 5.41 Å². The van der Waals surface area contributed by atoms with Gasteiger partial charge >= 0.3 is 12.3 Å². The van der Waals surface area contributed by atoms with Crippen LogP contribution in [0.15, 0.2) is 48.7 Å². The number of carbonyl (C=O) groups excluding carboxylic acids is 2. The van der Waals surface area contributed by atoms with Crippen molar-refractivity contribution in [3.63, 3.8) is 0 Å². The van der Waals surface area contributed by atoms with Crippen molar-refractivity contribution < 1.29 is 37.3 Å². The average Bonchev–Trinajstić information content (AvgIpc) is 3.45. The third-order valence-electron chi connectivity index (χ3n) is 7.60. The molecule has 4 rings (SSSR count). The van der Waals surface area contributed by atoms with Crippen LogP contribution in [0.5, 0.6) is 0 Å². The monoisotopic (exact) mass is 633 g/mol. The van der Waals surface area contributed by atoms with Gasteiger partial charge in [0.05, 0.1) is 17.8 Å². The third-order valence-corrected chi connectivity index (χ3v) is 8.65. The van der Waals surface area contributed by atoms with Gasteiger partial charge in [-0.3, -0.25) is 4.79 Å². The lowest BCUT2D eigenvalue weighted by Gasteiger charge is -2.36. The first-order chi connectivity index (χ1) is 20.6. The summed E-state index contributed by atoms with van der Waals surface area (Å²) in [7, 11) is 0. The Labute approximate surface area is 259 Å². The second kappa shape index (κ2) is 13.3. The number of carbonyl (C=O) groups is 2. The van der Waals surface area contributed by atoms with E-state index in [0.29, 0.717) is 52.6 Å². The standard InChI is InChI=1S/C32H38F3N3O5S/c1-19(38-27(40)25-18-36-28(44-25)26(39)31(5)12-14-42-15-13-31)20-6-8-21(9-7-20)24-16-23(32(33,34)35)11-10-22(24)17-37-29(41)43-30(2,3)4/h6-11,16,18-19,26,39H,12-15,17H2,1-5H3,(H,37,41)(H,38,40)/t19-,26?/m1/s1. The Morgan fingerprint density at radius 1 is 1.11 bits per heavy atom. The molecule has 1 saturated heterocycles. The molecule has 0 spiro atoms. The van der Waals surface area contributed by atoms with Crippen LogP contribution < -0.4 is 10.6 Å². The molecule has 238 valence electrons. The smallest absolute Gasteiger partial charge is 0.416 e. The quantitative estimate of drug-likeness (QED) is 0.242. The maximum atomic E-state index is 13.6. The van der Waals surface area contributed by atoms with E-state index < -0.39 is 35.6 Å². The van der Waals surface area contributed by atoms with Gasteiger partial charge in [-0.1, -0.05) is 37.3 Å². The number of aliphatic hydroxyl groups is 1. The van der Waals surface area contributed by atoms with Crippen molar-refractivity contribution in [2.45, 2.75) is 77.9 Å². The van der Waals surface area contributed by atoms with Crippen molar-refractivity contribution in [3.05, 3.63) is 75.2 Å². The summed E-state index contributed by atoms with van der Waals surface area (Å²) in [5.41, 5.74) is 0.150. The molecule has 2 aromatic carbocycles. The van der Waals surface area contributed by atoms with Crippen LogP contribution in [0.2, 0.25) is 0 Å². The first-order valence-electron chi connectivity index (χ1n) is 14.4. The molecule has 2 amide bonds. The first-order valence-corrected chi connectivity index (χ1v) is 15.2. The van der Waals surface area contributed by atoms with E-state index in [1.807, 2.05) is 6.92 Å². The van der Waals surface area contributed by atoms with E-state index in [1.165, 1.54) is 12.3 Å². The third kappa shape index (κ3) is 8.36. The van der Waals surface area contributed by atoms with Gasteiger partial charge in [0.2, 0.25) is 0 Å². The van der Waals surface area contributed by atoms with E-state index in [9.17, 15) is 27.9 Å². The number of ether oxygens (including phenoxy) is 2.